The van der Waals surface area contributed by atoms with Gasteiger partial charge in [-0.05, 0) is 38.9 Å². The largest absolute Gasteiger partial charge is 0.396 e. The summed E-state index contributed by atoms with van der Waals surface area (Å²) in [7, 11) is 4.07. The fraction of sp³-hybridized carbons (Fsp3) is 0.647. The third-order valence-electron chi connectivity index (χ3n) is 4.77. The lowest BCUT2D eigenvalue weighted by Gasteiger charge is -2.47. The van der Waals surface area contributed by atoms with Crippen LogP contribution in [0.5, 0.6) is 0 Å². The molecule has 0 aromatic heterocycles. The molecule has 0 bridgehead atoms. The van der Waals surface area contributed by atoms with Crippen LogP contribution >= 0.6 is 0 Å². The second-order valence-electron chi connectivity index (χ2n) is 6.40. The highest BCUT2D eigenvalue weighted by Crippen LogP contribution is 2.48. The van der Waals surface area contributed by atoms with E-state index in [4.69, 9.17) is 0 Å². The Morgan fingerprint density at radius 3 is 2.25 bits per heavy atom. The zero-order valence-electron chi connectivity index (χ0n) is 12.7. The van der Waals surface area contributed by atoms with Gasteiger partial charge in [-0.1, -0.05) is 43.2 Å². The second-order valence-corrected chi connectivity index (χ2v) is 6.40. The van der Waals surface area contributed by atoms with Crippen molar-refractivity contribution in [3.63, 3.8) is 0 Å². The Labute approximate surface area is 122 Å². The molecule has 1 aliphatic rings. The summed E-state index contributed by atoms with van der Waals surface area (Å²) in [5.74, 6) is 0. The number of hydrogen-bond donors (Lipinski definition) is 2. The maximum absolute atomic E-state index is 11.3. The molecule has 0 amide bonds. The Hall–Kier alpha value is -0.900. The van der Waals surface area contributed by atoms with E-state index in [9.17, 15) is 10.2 Å². The third-order valence-corrected chi connectivity index (χ3v) is 4.77. The highest BCUT2D eigenvalue weighted by atomic mass is 16.3. The van der Waals surface area contributed by atoms with Crippen molar-refractivity contribution in [2.45, 2.75) is 43.1 Å². The molecule has 1 atom stereocenters. The van der Waals surface area contributed by atoms with Gasteiger partial charge in [0.1, 0.15) is 0 Å². The molecule has 2 N–H and O–H groups in total. The van der Waals surface area contributed by atoms with Gasteiger partial charge in [-0.3, -0.25) is 0 Å². The lowest BCUT2D eigenvalue weighted by Crippen LogP contribution is -2.55. The van der Waals surface area contributed by atoms with E-state index in [1.54, 1.807) is 0 Å². The number of benzene rings is 1. The SMILES string of the molecule is CN(C)CC(CCO)(c1ccccc1)C1(O)CCCC1. The van der Waals surface area contributed by atoms with Gasteiger partial charge < -0.3 is 15.1 Å². The Balaban J connectivity index is 2.49. The Bertz CT molecular complexity index is 412. The van der Waals surface area contributed by atoms with E-state index in [0.29, 0.717) is 6.42 Å². The van der Waals surface area contributed by atoms with Crippen LogP contribution in [0.15, 0.2) is 30.3 Å². The summed E-state index contributed by atoms with van der Waals surface area (Å²) in [4.78, 5) is 2.12. The molecule has 3 heteroatoms. The molecule has 0 saturated heterocycles. The average Bonchev–Trinajstić information content (AvgIpc) is 2.87. The zero-order chi connectivity index (χ0) is 14.6. The van der Waals surface area contributed by atoms with Crippen LogP contribution in [0.2, 0.25) is 0 Å². The molecule has 0 aliphatic heterocycles. The van der Waals surface area contributed by atoms with Gasteiger partial charge in [0.25, 0.3) is 0 Å². The average molecular weight is 277 g/mol. The van der Waals surface area contributed by atoms with Crippen LogP contribution in [-0.4, -0.2) is 48.0 Å². The van der Waals surface area contributed by atoms with Gasteiger partial charge in [0.2, 0.25) is 0 Å². The zero-order valence-corrected chi connectivity index (χ0v) is 12.7. The van der Waals surface area contributed by atoms with Gasteiger partial charge in [-0.2, -0.15) is 0 Å². The van der Waals surface area contributed by atoms with E-state index in [0.717, 1.165) is 37.8 Å². The van der Waals surface area contributed by atoms with Crippen LogP contribution in [0.3, 0.4) is 0 Å². The first-order chi connectivity index (χ1) is 9.54. The molecule has 0 spiro atoms. The minimum Gasteiger partial charge on any atom is -0.396 e. The molecule has 2 rings (SSSR count). The van der Waals surface area contributed by atoms with Crippen molar-refractivity contribution < 1.29 is 10.2 Å². The molecular formula is C17H27NO2. The molecule has 1 aliphatic carbocycles. The normalized spacial score (nSPS) is 21.1. The molecule has 1 unspecified atom stereocenters. The second kappa shape index (κ2) is 6.25. The molecule has 1 fully saturated rings. The summed E-state index contributed by atoms with van der Waals surface area (Å²) < 4.78 is 0. The van der Waals surface area contributed by atoms with Crippen LogP contribution in [0.4, 0.5) is 0 Å². The van der Waals surface area contributed by atoms with E-state index < -0.39 is 5.60 Å². The smallest absolute Gasteiger partial charge is 0.0757 e. The molecule has 3 nitrogen and oxygen atoms in total. The Morgan fingerprint density at radius 1 is 1.15 bits per heavy atom. The summed E-state index contributed by atoms with van der Waals surface area (Å²) in [6, 6.07) is 10.2. The standard InChI is InChI=1S/C17H27NO2/c1-18(2)14-16(12-13-19,15-8-4-3-5-9-15)17(20)10-6-7-11-17/h3-5,8-9,19-20H,6-7,10-14H2,1-2H3. The summed E-state index contributed by atoms with van der Waals surface area (Å²) in [6.07, 6.45) is 4.41. The van der Waals surface area contributed by atoms with Crippen LogP contribution < -0.4 is 0 Å². The van der Waals surface area contributed by atoms with Gasteiger partial charge in [-0.15, -0.1) is 0 Å². The topological polar surface area (TPSA) is 43.7 Å². The number of aliphatic hydroxyl groups is 2. The molecule has 1 aromatic rings. The van der Waals surface area contributed by atoms with E-state index in [2.05, 4.69) is 17.0 Å². The number of nitrogens with zero attached hydrogens (tertiary/aromatic N) is 1. The monoisotopic (exact) mass is 277 g/mol. The van der Waals surface area contributed by atoms with Gasteiger partial charge in [0.05, 0.1) is 5.60 Å². The van der Waals surface area contributed by atoms with Gasteiger partial charge >= 0.3 is 0 Å². The summed E-state index contributed by atoms with van der Waals surface area (Å²) >= 11 is 0. The molecule has 0 heterocycles. The summed E-state index contributed by atoms with van der Waals surface area (Å²) in [6.45, 7) is 0.860. The molecular weight excluding hydrogens is 250 g/mol. The highest BCUT2D eigenvalue weighted by molar-refractivity contribution is 5.31. The minimum absolute atomic E-state index is 0.102. The number of rotatable bonds is 6. The molecule has 1 aromatic carbocycles. The molecule has 20 heavy (non-hydrogen) atoms. The lowest BCUT2D eigenvalue weighted by atomic mass is 9.64. The number of likely N-dealkylation sites (N-methyl/N-ethyl adjacent to an activating group) is 1. The molecule has 1 saturated carbocycles. The Kier molecular flexibility index (Phi) is 4.84. The highest BCUT2D eigenvalue weighted by Gasteiger charge is 2.52. The predicted octanol–water partition coefficient (Wildman–Crippen LogP) is 2.17. The fourth-order valence-corrected chi connectivity index (χ4v) is 3.89. The van der Waals surface area contributed by atoms with Crippen molar-refractivity contribution in [3.05, 3.63) is 35.9 Å². The number of hydrogen-bond acceptors (Lipinski definition) is 3. The van der Waals surface area contributed by atoms with Gasteiger partial charge in [-0.25, -0.2) is 0 Å². The van der Waals surface area contributed by atoms with Crippen LogP contribution in [-0.2, 0) is 5.41 Å². The van der Waals surface area contributed by atoms with Crippen LogP contribution in [0.1, 0.15) is 37.7 Å². The van der Waals surface area contributed by atoms with E-state index in [1.165, 1.54) is 0 Å². The van der Waals surface area contributed by atoms with Crippen molar-refractivity contribution in [1.29, 1.82) is 0 Å². The summed E-state index contributed by atoms with van der Waals surface area (Å²) in [5, 5.41) is 20.9. The van der Waals surface area contributed by atoms with E-state index in [-0.39, 0.29) is 12.0 Å². The van der Waals surface area contributed by atoms with Crippen molar-refractivity contribution in [2.24, 2.45) is 0 Å². The fourth-order valence-electron chi connectivity index (χ4n) is 3.89. The van der Waals surface area contributed by atoms with Crippen molar-refractivity contribution in [1.82, 2.24) is 4.90 Å². The Morgan fingerprint density at radius 2 is 1.75 bits per heavy atom. The van der Waals surface area contributed by atoms with Crippen LogP contribution in [0, 0.1) is 0 Å². The third kappa shape index (κ3) is 2.76. The maximum atomic E-state index is 11.3. The van der Waals surface area contributed by atoms with Gasteiger partial charge in [0.15, 0.2) is 0 Å². The number of aliphatic hydroxyl groups excluding tert-OH is 1. The summed E-state index contributed by atoms with van der Waals surface area (Å²) in [5.41, 5.74) is 0.0526. The van der Waals surface area contributed by atoms with E-state index >= 15 is 0 Å². The first kappa shape index (κ1) is 15.5. The quantitative estimate of drug-likeness (QED) is 0.837. The predicted molar refractivity (Wildman–Crippen MR) is 81.8 cm³/mol. The van der Waals surface area contributed by atoms with Gasteiger partial charge in [0, 0.05) is 18.6 Å². The molecule has 112 valence electrons. The van der Waals surface area contributed by atoms with Crippen molar-refractivity contribution >= 4 is 0 Å². The minimum atomic E-state index is -0.707. The van der Waals surface area contributed by atoms with Crippen molar-refractivity contribution in [3.8, 4) is 0 Å². The van der Waals surface area contributed by atoms with E-state index in [1.807, 2.05) is 32.3 Å². The first-order valence-corrected chi connectivity index (χ1v) is 7.58. The maximum Gasteiger partial charge on any atom is 0.0757 e. The lowest BCUT2D eigenvalue weighted by molar-refractivity contribution is -0.0548. The first-order valence-electron chi connectivity index (χ1n) is 7.58. The molecule has 0 radical (unpaired) electrons. The van der Waals surface area contributed by atoms with Crippen LogP contribution in [0.25, 0.3) is 0 Å². The van der Waals surface area contributed by atoms with Crippen molar-refractivity contribution in [2.75, 3.05) is 27.2 Å².